The molecule has 0 unspecified atom stereocenters. The average Bonchev–Trinajstić information content (AvgIpc) is 2.02. The molecule has 1 heteroatoms. The van der Waals surface area contributed by atoms with Crippen LogP contribution in [0.4, 0.5) is 0 Å². The van der Waals surface area contributed by atoms with Gasteiger partial charge < -0.3 is 4.90 Å². The molecular formula is C12H21N. The molecule has 0 radical (unpaired) electrons. The number of allylic oxidation sites excluding steroid dienone is 3. The zero-order valence-corrected chi connectivity index (χ0v) is 9.14. The van der Waals surface area contributed by atoms with Crippen LogP contribution in [0.3, 0.4) is 0 Å². The fourth-order valence-electron chi connectivity index (χ4n) is 1.17. The van der Waals surface area contributed by atoms with Crippen molar-refractivity contribution in [3.05, 3.63) is 36.5 Å². The Morgan fingerprint density at radius 2 is 2.00 bits per heavy atom. The number of nitrogens with zero attached hydrogens (tertiary/aromatic N) is 1. The van der Waals surface area contributed by atoms with Crippen molar-refractivity contribution in [3.8, 4) is 0 Å². The van der Waals surface area contributed by atoms with Crippen molar-refractivity contribution in [2.75, 3.05) is 20.6 Å². The summed E-state index contributed by atoms with van der Waals surface area (Å²) < 4.78 is 0. The minimum Gasteiger partial charge on any atom is -0.305 e. The van der Waals surface area contributed by atoms with Crippen molar-refractivity contribution < 1.29 is 0 Å². The Morgan fingerprint density at radius 1 is 1.38 bits per heavy atom. The van der Waals surface area contributed by atoms with E-state index in [4.69, 9.17) is 0 Å². The zero-order chi connectivity index (χ0) is 10.3. The average molecular weight is 179 g/mol. The van der Waals surface area contributed by atoms with E-state index >= 15 is 0 Å². The lowest BCUT2D eigenvalue weighted by Crippen LogP contribution is -2.13. The van der Waals surface area contributed by atoms with Gasteiger partial charge in [-0.05, 0) is 33.9 Å². The van der Waals surface area contributed by atoms with E-state index in [1.165, 1.54) is 5.57 Å². The van der Waals surface area contributed by atoms with Crippen molar-refractivity contribution in [2.24, 2.45) is 0 Å². The molecule has 1 nitrogen and oxygen atoms in total. The Balaban J connectivity index is 3.70. The third-order valence-electron chi connectivity index (χ3n) is 1.81. The van der Waals surface area contributed by atoms with E-state index in [1.807, 2.05) is 6.08 Å². The molecule has 0 heterocycles. The molecular weight excluding hydrogens is 158 g/mol. The maximum Gasteiger partial charge on any atom is 0.0183 e. The van der Waals surface area contributed by atoms with Gasteiger partial charge in [-0.3, -0.25) is 0 Å². The lowest BCUT2D eigenvalue weighted by molar-refractivity contribution is 0.444. The van der Waals surface area contributed by atoms with Gasteiger partial charge in [-0.15, -0.1) is 0 Å². The monoisotopic (exact) mass is 179 g/mol. The topological polar surface area (TPSA) is 3.24 Å². The molecule has 0 amide bonds. The second kappa shape index (κ2) is 6.67. The van der Waals surface area contributed by atoms with E-state index < -0.39 is 0 Å². The Morgan fingerprint density at radius 3 is 2.46 bits per heavy atom. The van der Waals surface area contributed by atoms with Crippen molar-refractivity contribution in [1.29, 1.82) is 0 Å². The minimum atomic E-state index is 1.02. The standard InChI is InChI=1S/C12H21N/c1-6-11(2)8-7-9-12(3)10-13(4)5/h6,9H,1-2,7-8,10H2,3-5H3/b12-9-. The fourth-order valence-corrected chi connectivity index (χ4v) is 1.17. The molecule has 0 atom stereocenters. The molecule has 0 aromatic heterocycles. The molecule has 0 rings (SSSR count). The first kappa shape index (κ1) is 12.2. The third kappa shape index (κ3) is 7.54. The van der Waals surface area contributed by atoms with Gasteiger partial charge >= 0.3 is 0 Å². The molecule has 13 heavy (non-hydrogen) atoms. The number of rotatable bonds is 6. The maximum atomic E-state index is 3.87. The molecule has 74 valence electrons. The predicted molar refractivity (Wildman–Crippen MR) is 60.9 cm³/mol. The Bertz CT molecular complexity index is 199. The van der Waals surface area contributed by atoms with Gasteiger partial charge in [0.15, 0.2) is 0 Å². The molecule has 0 fully saturated rings. The van der Waals surface area contributed by atoms with Crippen LogP contribution in [0.25, 0.3) is 0 Å². The SMILES string of the molecule is C=CC(=C)CC/C=C(/C)CN(C)C. The molecule has 0 bridgehead atoms. The van der Waals surface area contributed by atoms with Crippen LogP contribution in [0.2, 0.25) is 0 Å². The minimum absolute atomic E-state index is 1.02. The Labute approximate surface area is 82.4 Å². The van der Waals surface area contributed by atoms with Crippen LogP contribution in [-0.2, 0) is 0 Å². The third-order valence-corrected chi connectivity index (χ3v) is 1.81. The molecule has 0 aromatic carbocycles. The molecule has 0 saturated heterocycles. The number of hydrogen-bond donors (Lipinski definition) is 0. The molecule has 0 spiro atoms. The van der Waals surface area contributed by atoms with E-state index in [-0.39, 0.29) is 0 Å². The van der Waals surface area contributed by atoms with Gasteiger partial charge in [-0.2, -0.15) is 0 Å². The molecule has 0 N–H and O–H groups in total. The van der Waals surface area contributed by atoms with Crippen molar-refractivity contribution in [2.45, 2.75) is 19.8 Å². The van der Waals surface area contributed by atoms with Crippen LogP contribution in [0.5, 0.6) is 0 Å². The van der Waals surface area contributed by atoms with Crippen LogP contribution < -0.4 is 0 Å². The van der Waals surface area contributed by atoms with E-state index in [0.717, 1.165) is 25.0 Å². The highest BCUT2D eigenvalue weighted by atomic mass is 15.0. The normalized spacial score (nSPS) is 11.8. The van der Waals surface area contributed by atoms with Gasteiger partial charge in [0, 0.05) is 6.54 Å². The first-order valence-electron chi connectivity index (χ1n) is 4.67. The van der Waals surface area contributed by atoms with Crippen LogP contribution in [0, 0.1) is 0 Å². The molecule has 0 aliphatic heterocycles. The second-order valence-electron chi connectivity index (χ2n) is 3.69. The van der Waals surface area contributed by atoms with E-state index in [2.05, 4.69) is 45.2 Å². The van der Waals surface area contributed by atoms with E-state index in [0.29, 0.717) is 0 Å². The van der Waals surface area contributed by atoms with Gasteiger partial charge in [-0.1, -0.05) is 36.5 Å². The van der Waals surface area contributed by atoms with E-state index in [9.17, 15) is 0 Å². The molecule has 0 saturated carbocycles. The molecule has 0 aliphatic rings. The van der Waals surface area contributed by atoms with Gasteiger partial charge in [0.05, 0.1) is 0 Å². The number of likely N-dealkylation sites (N-methyl/N-ethyl adjacent to an activating group) is 1. The maximum absolute atomic E-state index is 3.87. The van der Waals surface area contributed by atoms with E-state index in [1.54, 1.807) is 0 Å². The molecule has 0 aliphatic carbocycles. The summed E-state index contributed by atoms with van der Waals surface area (Å²) in [7, 11) is 4.17. The summed E-state index contributed by atoms with van der Waals surface area (Å²) in [6.45, 7) is 10.8. The highest BCUT2D eigenvalue weighted by molar-refractivity contribution is 5.12. The van der Waals surface area contributed by atoms with Crippen LogP contribution in [-0.4, -0.2) is 25.5 Å². The van der Waals surface area contributed by atoms with Crippen LogP contribution in [0.15, 0.2) is 36.5 Å². The van der Waals surface area contributed by atoms with Gasteiger partial charge in [0.1, 0.15) is 0 Å². The highest BCUT2D eigenvalue weighted by Crippen LogP contribution is 2.06. The lowest BCUT2D eigenvalue weighted by atomic mass is 10.1. The Kier molecular flexibility index (Phi) is 6.25. The largest absolute Gasteiger partial charge is 0.305 e. The summed E-state index contributed by atoms with van der Waals surface area (Å²) in [6.07, 6.45) is 6.20. The highest BCUT2D eigenvalue weighted by Gasteiger charge is 1.92. The van der Waals surface area contributed by atoms with Crippen LogP contribution in [0.1, 0.15) is 19.8 Å². The lowest BCUT2D eigenvalue weighted by Gasteiger charge is -2.09. The van der Waals surface area contributed by atoms with Crippen LogP contribution >= 0.6 is 0 Å². The molecule has 0 aromatic rings. The Hall–Kier alpha value is -0.820. The summed E-state index contributed by atoms with van der Waals surface area (Å²) in [6, 6.07) is 0. The number of hydrogen-bond acceptors (Lipinski definition) is 1. The van der Waals surface area contributed by atoms with Gasteiger partial charge in [-0.25, -0.2) is 0 Å². The van der Waals surface area contributed by atoms with Crippen molar-refractivity contribution >= 4 is 0 Å². The van der Waals surface area contributed by atoms with Gasteiger partial charge in [0.25, 0.3) is 0 Å². The van der Waals surface area contributed by atoms with Gasteiger partial charge in [0.2, 0.25) is 0 Å². The zero-order valence-electron chi connectivity index (χ0n) is 9.14. The summed E-state index contributed by atoms with van der Waals surface area (Å²) in [5, 5.41) is 0. The second-order valence-corrected chi connectivity index (χ2v) is 3.69. The fraction of sp³-hybridized carbons (Fsp3) is 0.500. The summed E-state index contributed by atoms with van der Waals surface area (Å²) >= 11 is 0. The first-order valence-corrected chi connectivity index (χ1v) is 4.67. The first-order chi connectivity index (χ1) is 6.06. The van der Waals surface area contributed by atoms with Crippen molar-refractivity contribution in [1.82, 2.24) is 4.90 Å². The smallest absolute Gasteiger partial charge is 0.0183 e. The summed E-state index contributed by atoms with van der Waals surface area (Å²) in [4.78, 5) is 2.17. The van der Waals surface area contributed by atoms with Crippen molar-refractivity contribution in [3.63, 3.8) is 0 Å². The predicted octanol–water partition coefficient (Wildman–Crippen LogP) is 3.02. The quantitative estimate of drug-likeness (QED) is 0.447. The summed E-state index contributed by atoms with van der Waals surface area (Å²) in [5.74, 6) is 0. The summed E-state index contributed by atoms with van der Waals surface area (Å²) in [5.41, 5.74) is 2.54.